The van der Waals surface area contributed by atoms with Gasteiger partial charge in [0.2, 0.25) is 0 Å². The van der Waals surface area contributed by atoms with Gasteiger partial charge in [-0.15, -0.1) is 0 Å². The second kappa shape index (κ2) is 9.41. The number of thioether (sulfide) groups is 1. The summed E-state index contributed by atoms with van der Waals surface area (Å²) in [5, 5.41) is -0.497. The van der Waals surface area contributed by atoms with E-state index in [1.807, 2.05) is 6.92 Å². The number of ether oxygens (including phenoxy) is 1. The number of alkyl halides is 3. The fraction of sp³-hybridized carbons (Fsp3) is 0.300. The number of sulfonamides is 1. The van der Waals surface area contributed by atoms with Crippen molar-refractivity contribution in [2.45, 2.75) is 31.9 Å². The van der Waals surface area contributed by atoms with E-state index in [2.05, 4.69) is 0 Å². The van der Waals surface area contributed by atoms with Crippen LogP contribution in [0.1, 0.15) is 34.8 Å². The average Bonchev–Trinajstić information content (AvgIpc) is 3.03. The van der Waals surface area contributed by atoms with Gasteiger partial charge in [0.1, 0.15) is 5.75 Å². The molecule has 0 unspecified atom stereocenters. The quantitative estimate of drug-likeness (QED) is 0.566. The predicted molar refractivity (Wildman–Crippen MR) is 114 cm³/mol. The molecule has 0 aromatic heterocycles. The Hall–Kier alpha value is -2.73. The lowest BCUT2D eigenvalue weighted by molar-refractivity contribution is -0.0429. The van der Waals surface area contributed by atoms with Crippen LogP contribution in [0.15, 0.2) is 42.5 Å². The third-order valence-electron chi connectivity index (χ3n) is 4.48. The van der Waals surface area contributed by atoms with Crippen LogP contribution in [0.4, 0.5) is 23.7 Å². The lowest BCUT2D eigenvalue weighted by Crippen LogP contribution is -2.29. The minimum Gasteiger partial charge on any atom is -0.418 e. The fourth-order valence-corrected chi connectivity index (χ4v) is 4.10. The maximum atomic E-state index is 12.9. The number of carbonyl (C=O) groups is 2. The number of benzene rings is 2. The van der Waals surface area contributed by atoms with Gasteiger partial charge in [-0.1, -0.05) is 31.2 Å². The first-order chi connectivity index (χ1) is 15.0. The molecule has 1 aliphatic heterocycles. The van der Waals surface area contributed by atoms with Crippen LogP contribution in [0.3, 0.4) is 0 Å². The van der Waals surface area contributed by atoms with Gasteiger partial charge in [0.25, 0.3) is 5.91 Å². The number of anilines is 1. The Balaban J connectivity index is 1.69. The number of hydrogen-bond donors (Lipinski definition) is 1. The van der Waals surface area contributed by atoms with Crippen molar-refractivity contribution in [1.29, 1.82) is 0 Å². The number of rotatable bonds is 7. The summed E-state index contributed by atoms with van der Waals surface area (Å²) >= 11 is 1.02. The minimum absolute atomic E-state index is 0.137. The average molecular weight is 489 g/mol. The van der Waals surface area contributed by atoms with E-state index in [4.69, 9.17) is 4.74 Å². The monoisotopic (exact) mass is 488 g/mol. The Morgan fingerprint density at radius 3 is 2.50 bits per heavy atom. The Bertz CT molecular complexity index is 1120. The molecule has 2 aromatic rings. The Kier molecular flexibility index (Phi) is 7.03. The molecule has 0 fully saturated rings. The highest BCUT2D eigenvalue weighted by atomic mass is 32.2. The molecule has 172 valence electrons. The summed E-state index contributed by atoms with van der Waals surface area (Å²) in [5.41, 5.74) is -4.10. The van der Waals surface area contributed by atoms with Crippen LogP contribution < -0.4 is 9.46 Å². The van der Waals surface area contributed by atoms with Gasteiger partial charge >= 0.3 is 20.8 Å². The van der Waals surface area contributed by atoms with Gasteiger partial charge in [-0.05, 0) is 47.5 Å². The molecule has 0 atom stereocenters. The summed E-state index contributed by atoms with van der Waals surface area (Å²) in [6, 6.07) is 10.2. The first-order valence-corrected chi connectivity index (χ1v) is 11.9. The predicted octanol–water partition coefficient (Wildman–Crippen LogP) is 4.75. The van der Waals surface area contributed by atoms with Crippen molar-refractivity contribution in [3.8, 4) is 5.75 Å². The van der Waals surface area contributed by atoms with Crippen molar-refractivity contribution in [2.75, 3.05) is 10.5 Å². The SMILES string of the molecule is CCCSC(=O)Oc1cccc2c1C(=O)N(Cc1ccc(NS(=O)(=O)C(F)(F)F)cc1)C2. The molecule has 7 nitrogen and oxygen atoms in total. The molecule has 3 rings (SSSR count). The molecule has 2 aromatic carbocycles. The van der Waals surface area contributed by atoms with E-state index < -0.39 is 20.8 Å². The minimum atomic E-state index is -5.51. The van der Waals surface area contributed by atoms with Crippen LogP contribution in [-0.2, 0) is 23.1 Å². The summed E-state index contributed by atoms with van der Waals surface area (Å²) in [6.45, 7) is 2.33. The van der Waals surface area contributed by atoms with Gasteiger partial charge in [0.15, 0.2) is 0 Å². The molecule has 0 saturated heterocycles. The van der Waals surface area contributed by atoms with E-state index in [-0.39, 0.29) is 30.4 Å². The van der Waals surface area contributed by atoms with Crippen LogP contribution >= 0.6 is 11.8 Å². The molecule has 1 aliphatic rings. The van der Waals surface area contributed by atoms with Gasteiger partial charge in [0, 0.05) is 24.5 Å². The van der Waals surface area contributed by atoms with E-state index >= 15 is 0 Å². The van der Waals surface area contributed by atoms with Crippen molar-refractivity contribution in [3.63, 3.8) is 0 Å². The number of nitrogens with one attached hydrogen (secondary N) is 1. The first kappa shape index (κ1) is 23.9. The fourth-order valence-electron chi connectivity index (χ4n) is 3.02. The van der Waals surface area contributed by atoms with Crippen molar-refractivity contribution in [3.05, 3.63) is 59.2 Å². The van der Waals surface area contributed by atoms with Gasteiger partial charge in [0.05, 0.1) is 5.56 Å². The summed E-state index contributed by atoms with van der Waals surface area (Å²) in [4.78, 5) is 26.3. The van der Waals surface area contributed by atoms with E-state index in [0.29, 0.717) is 22.4 Å². The number of hydrogen-bond acceptors (Lipinski definition) is 6. The standard InChI is InChI=1S/C20H19F3N2O5S2/c1-2-10-31-19(27)30-16-5-3-4-14-12-25(18(26)17(14)16)11-13-6-8-15(9-7-13)24-32(28,29)20(21,22)23/h3-9,24H,2,10-12H2,1H3. The van der Waals surface area contributed by atoms with Crippen molar-refractivity contribution in [1.82, 2.24) is 4.90 Å². The second-order valence-corrected chi connectivity index (χ2v) is 9.60. The third-order valence-corrected chi connectivity index (χ3v) is 6.52. The van der Waals surface area contributed by atoms with Crippen molar-refractivity contribution >= 4 is 38.7 Å². The van der Waals surface area contributed by atoms with Crippen molar-refractivity contribution < 1.29 is 35.9 Å². The number of carbonyl (C=O) groups excluding carboxylic acids is 2. The van der Waals surface area contributed by atoms with E-state index in [0.717, 1.165) is 18.2 Å². The highest BCUT2D eigenvalue weighted by Crippen LogP contribution is 2.33. The highest BCUT2D eigenvalue weighted by Gasteiger charge is 2.46. The zero-order valence-corrected chi connectivity index (χ0v) is 18.4. The summed E-state index contributed by atoms with van der Waals surface area (Å²) < 4.78 is 66.6. The zero-order valence-electron chi connectivity index (χ0n) is 16.8. The second-order valence-electron chi connectivity index (χ2n) is 6.90. The highest BCUT2D eigenvalue weighted by molar-refractivity contribution is 8.13. The molecule has 0 radical (unpaired) electrons. The van der Waals surface area contributed by atoms with Gasteiger partial charge in [-0.2, -0.15) is 21.6 Å². The smallest absolute Gasteiger partial charge is 0.418 e. The third kappa shape index (κ3) is 5.36. The molecule has 0 saturated carbocycles. The zero-order chi connectivity index (χ0) is 23.5. The summed E-state index contributed by atoms with van der Waals surface area (Å²) in [5.74, 6) is 0.439. The molecule has 1 N–H and O–H groups in total. The van der Waals surface area contributed by atoms with Crippen LogP contribution in [0, 0.1) is 0 Å². The molecule has 1 amide bonds. The number of nitrogens with zero attached hydrogens (tertiary/aromatic N) is 1. The van der Waals surface area contributed by atoms with E-state index in [9.17, 15) is 31.2 Å². The maximum absolute atomic E-state index is 12.9. The van der Waals surface area contributed by atoms with Gasteiger partial charge < -0.3 is 9.64 Å². The lowest BCUT2D eigenvalue weighted by Gasteiger charge is -2.16. The molecule has 0 bridgehead atoms. The van der Waals surface area contributed by atoms with E-state index in [1.54, 1.807) is 18.2 Å². The molecule has 32 heavy (non-hydrogen) atoms. The number of fused-ring (bicyclic) bond motifs is 1. The Morgan fingerprint density at radius 1 is 1.19 bits per heavy atom. The molecule has 1 heterocycles. The lowest BCUT2D eigenvalue weighted by atomic mass is 10.1. The number of halogens is 3. The molecular formula is C20H19F3N2O5S2. The van der Waals surface area contributed by atoms with Crippen LogP contribution in [-0.4, -0.2) is 35.8 Å². The van der Waals surface area contributed by atoms with Gasteiger partial charge in [-0.3, -0.25) is 9.52 Å². The molecular weight excluding hydrogens is 469 g/mol. The van der Waals surface area contributed by atoms with Crippen molar-refractivity contribution in [2.24, 2.45) is 0 Å². The first-order valence-electron chi connectivity index (χ1n) is 9.45. The maximum Gasteiger partial charge on any atom is 0.516 e. The topological polar surface area (TPSA) is 92.8 Å². The van der Waals surface area contributed by atoms with Crippen LogP contribution in [0.2, 0.25) is 0 Å². The van der Waals surface area contributed by atoms with Crippen LogP contribution in [0.25, 0.3) is 0 Å². The Morgan fingerprint density at radius 2 is 1.88 bits per heavy atom. The summed E-state index contributed by atoms with van der Waals surface area (Å²) in [7, 11) is -5.51. The molecule has 0 spiro atoms. The number of amides is 1. The molecule has 0 aliphatic carbocycles. The van der Waals surface area contributed by atoms with E-state index in [1.165, 1.54) is 33.9 Å². The largest absolute Gasteiger partial charge is 0.516 e. The molecule has 12 heteroatoms. The normalized spacial score (nSPS) is 13.8. The summed E-state index contributed by atoms with van der Waals surface area (Å²) in [6.07, 6.45) is 0.801. The van der Waals surface area contributed by atoms with Crippen LogP contribution in [0.5, 0.6) is 5.75 Å². The Labute approximate surface area is 187 Å². The van der Waals surface area contributed by atoms with Gasteiger partial charge in [-0.25, -0.2) is 4.79 Å².